The molecule has 0 spiro atoms. The van der Waals surface area contributed by atoms with Gasteiger partial charge in [-0.1, -0.05) is 18.0 Å². The van der Waals surface area contributed by atoms with Crippen LogP contribution in [0.1, 0.15) is 24.8 Å². The summed E-state index contributed by atoms with van der Waals surface area (Å²) in [4.78, 5) is 0. The average molecular weight is 256 g/mol. The molecule has 0 radical (unpaired) electrons. The van der Waals surface area contributed by atoms with E-state index in [4.69, 9.17) is 10.9 Å². The van der Waals surface area contributed by atoms with E-state index in [0.717, 1.165) is 6.42 Å². The summed E-state index contributed by atoms with van der Waals surface area (Å²) in [7, 11) is -3.42. The highest BCUT2D eigenvalue weighted by Gasteiger charge is 2.22. The monoisotopic (exact) mass is 256 g/mol. The fraction of sp³-hybridized carbons (Fsp3) is 0.545. The standard InChI is InChI=1S/C11H16N2O3S/c1-4-6-13(7-5-2)17(14,15)9-11-8-10(3)16-12-11/h1,8H,5-7,9H2,2-3H3. The van der Waals surface area contributed by atoms with Gasteiger partial charge in [-0.05, 0) is 13.3 Å². The van der Waals surface area contributed by atoms with Crippen molar-refractivity contribution in [3.63, 3.8) is 0 Å². The predicted octanol–water partition coefficient (Wildman–Crippen LogP) is 1.16. The first-order valence-corrected chi connectivity index (χ1v) is 6.94. The lowest BCUT2D eigenvalue weighted by Crippen LogP contribution is -2.33. The summed E-state index contributed by atoms with van der Waals surface area (Å²) in [6, 6.07) is 1.61. The number of sulfonamides is 1. The van der Waals surface area contributed by atoms with Gasteiger partial charge >= 0.3 is 0 Å². The van der Waals surface area contributed by atoms with Crippen molar-refractivity contribution in [1.29, 1.82) is 0 Å². The molecule has 0 aromatic carbocycles. The van der Waals surface area contributed by atoms with Gasteiger partial charge in [-0.2, -0.15) is 4.31 Å². The third-order valence-corrected chi connectivity index (χ3v) is 3.90. The van der Waals surface area contributed by atoms with Gasteiger partial charge in [0.2, 0.25) is 10.0 Å². The van der Waals surface area contributed by atoms with Gasteiger partial charge in [-0.15, -0.1) is 6.42 Å². The molecular formula is C11H16N2O3S. The molecule has 1 aromatic heterocycles. The highest BCUT2D eigenvalue weighted by molar-refractivity contribution is 7.88. The van der Waals surface area contributed by atoms with Crippen molar-refractivity contribution in [1.82, 2.24) is 9.46 Å². The molecule has 0 unspecified atom stereocenters. The summed E-state index contributed by atoms with van der Waals surface area (Å²) >= 11 is 0. The van der Waals surface area contributed by atoms with E-state index >= 15 is 0 Å². The average Bonchev–Trinajstić information content (AvgIpc) is 2.63. The molecular weight excluding hydrogens is 240 g/mol. The Morgan fingerprint density at radius 1 is 1.59 bits per heavy atom. The van der Waals surface area contributed by atoms with Crippen LogP contribution in [0.25, 0.3) is 0 Å². The lowest BCUT2D eigenvalue weighted by atomic mass is 10.4. The molecule has 94 valence electrons. The molecule has 0 fully saturated rings. The third-order valence-electron chi connectivity index (χ3n) is 2.14. The molecule has 0 N–H and O–H groups in total. The van der Waals surface area contributed by atoms with Crippen molar-refractivity contribution >= 4 is 10.0 Å². The molecule has 0 saturated carbocycles. The van der Waals surface area contributed by atoms with E-state index in [9.17, 15) is 8.42 Å². The summed E-state index contributed by atoms with van der Waals surface area (Å²) in [6.07, 6.45) is 5.88. The second-order valence-corrected chi connectivity index (χ2v) is 5.69. The number of hydrogen-bond acceptors (Lipinski definition) is 4. The van der Waals surface area contributed by atoms with Crippen LogP contribution in [-0.4, -0.2) is 31.0 Å². The first kappa shape index (κ1) is 13.7. The molecule has 17 heavy (non-hydrogen) atoms. The quantitative estimate of drug-likeness (QED) is 0.716. The lowest BCUT2D eigenvalue weighted by molar-refractivity contribution is 0.390. The van der Waals surface area contributed by atoms with Crippen molar-refractivity contribution < 1.29 is 12.9 Å². The molecule has 1 rings (SSSR count). The Morgan fingerprint density at radius 3 is 2.76 bits per heavy atom. The summed E-state index contributed by atoms with van der Waals surface area (Å²) < 4.78 is 30.2. The fourth-order valence-electron chi connectivity index (χ4n) is 1.43. The van der Waals surface area contributed by atoms with Crippen molar-refractivity contribution in [2.45, 2.75) is 26.0 Å². The third kappa shape index (κ3) is 3.88. The van der Waals surface area contributed by atoms with E-state index in [1.807, 2.05) is 6.92 Å². The molecule has 0 saturated heterocycles. The Hall–Kier alpha value is -1.32. The van der Waals surface area contributed by atoms with Crippen LogP contribution in [0.2, 0.25) is 0 Å². The Morgan fingerprint density at radius 2 is 2.29 bits per heavy atom. The van der Waals surface area contributed by atoms with E-state index in [1.165, 1.54) is 4.31 Å². The van der Waals surface area contributed by atoms with Gasteiger partial charge < -0.3 is 4.52 Å². The van der Waals surface area contributed by atoms with E-state index in [-0.39, 0.29) is 12.3 Å². The zero-order chi connectivity index (χ0) is 12.9. The first-order valence-electron chi connectivity index (χ1n) is 5.33. The van der Waals surface area contributed by atoms with Gasteiger partial charge in [0.15, 0.2) is 0 Å². The zero-order valence-electron chi connectivity index (χ0n) is 10.0. The van der Waals surface area contributed by atoms with Crippen LogP contribution in [0.15, 0.2) is 10.6 Å². The molecule has 0 atom stereocenters. The first-order chi connectivity index (χ1) is 7.99. The van der Waals surface area contributed by atoms with Gasteiger partial charge in [0.25, 0.3) is 0 Å². The van der Waals surface area contributed by atoms with Crippen LogP contribution >= 0.6 is 0 Å². The number of rotatable bonds is 6. The van der Waals surface area contributed by atoms with Gasteiger partial charge in [0.05, 0.1) is 6.54 Å². The highest BCUT2D eigenvalue weighted by Crippen LogP contribution is 2.11. The minimum absolute atomic E-state index is 0.0903. The molecule has 0 aliphatic rings. The van der Waals surface area contributed by atoms with Crippen LogP contribution in [0.5, 0.6) is 0 Å². The van der Waals surface area contributed by atoms with Crippen LogP contribution < -0.4 is 0 Å². The Bertz CT molecular complexity index is 499. The number of nitrogens with zero attached hydrogens (tertiary/aromatic N) is 2. The van der Waals surface area contributed by atoms with E-state index < -0.39 is 10.0 Å². The zero-order valence-corrected chi connectivity index (χ0v) is 10.8. The largest absolute Gasteiger partial charge is 0.361 e. The van der Waals surface area contributed by atoms with E-state index in [2.05, 4.69) is 11.1 Å². The van der Waals surface area contributed by atoms with E-state index in [0.29, 0.717) is 18.0 Å². The second-order valence-electron chi connectivity index (χ2n) is 3.72. The number of hydrogen-bond donors (Lipinski definition) is 0. The van der Waals surface area contributed by atoms with Gasteiger partial charge in [-0.25, -0.2) is 8.42 Å². The van der Waals surface area contributed by atoms with Crippen LogP contribution in [0.4, 0.5) is 0 Å². The van der Waals surface area contributed by atoms with Crippen molar-refractivity contribution in [2.24, 2.45) is 0 Å². The topological polar surface area (TPSA) is 63.4 Å². The van der Waals surface area contributed by atoms with Crippen LogP contribution in [0.3, 0.4) is 0 Å². The molecule has 0 bridgehead atoms. The summed E-state index contributed by atoms with van der Waals surface area (Å²) in [6.45, 7) is 4.13. The van der Waals surface area contributed by atoms with Gasteiger partial charge in [0.1, 0.15) is 17.2 Å². The molecule has 5 nitrogen and oxygen atoms in total. The minimum atomic E-state index is -3.42. The molecule has 0 aliphatic carbocycles. The lowest BCUT2D eigenvalue weighted by Gasteiger charge is -2.18. The molecule has 0 aliphatic heterocycles. The number of aryl methyl sites for hydroxylation is 1. The van der Waals surface area contributed by atoms with E-state index in [1.54, 1.807) is 13.0 Å². The van der Waals surface area contributed by atoms with Gasteiger partial charge in [-0.3, -0.25) is 0 Å². The smallest absolute Gasteiger partial charge is 0.220 e. The maximum Gasteiger partial charge on any atom is 0.220 e. The SMILES string of the molecule is C#CCN(CCC)S(=O)(=O)Cc1cc(C)on1. The Balaban J connectivity index is 2.82. The molecule has 0 amide bonds. The summed E-state index contributed by atoms with van der Waals surface area (Å²) in [5.74, 6) is 2.77. The van der Waals surface area contributed by atoms with Crippen molar-refractivity contribution in [3.8, 4) is 12.3 Å². The van der Waals surface area contributed by atoms with Gasteiger partial charge in [0, 0.05) is 12.6 Å². The minimum Gasteiger partial charge on any atom is -0.361 e. The second kappa shape index (κ2) is 5.84. The fourth-order valence-corrected chi connectivity index (χ4v) is 2.86. The van der Waals surface area contributed by atoms with Crippen LogP contribution in [0, 0.1) is 19.3 Å². The maximum absolute atomic E-state index is 12.0. The molecule has 1 aromatic rings. The summed E-state index contributed by atoms with van der Waals surface area (Å²) in [5.41, 5.74) is 0.403. The number of aromatic nitrogens is 1. The maximum atomic E-state index is 12.0. The van der Waals surface area contributed by atoms with Crippen molar-refractivity contribution in [2.75, 3.05) is 13.1 Å². The molecule has 1 heterocycles. The normalized spacial score (nSPS) is 11.6. The summed E-state index contributed by atoms with van der Waals surface area (Å²) in [5, 5.41) is 3.67. The van der Waals surface area contributed by atoms with Crippen LogP contribution in [-0.2, 0) is 15.8 Å². The van der Waals surface area contributed by atoms with Crippen molar-refractivity contribution in [3.05, 3.63) is 17.5 Å². The molecule has 6 heteroatoms. The highest BCUT2D eigenvalue weighted by atomic mass is 32.2. The Labute approximate surface area is 102 Å². The Kier molecular flexibility index (Phi) is 4.73. The number of terminal acetylenes is 1. The predicted molar refractivity (Wildman–Crippen MR) is 64.6 cm³/mol.